The minimum atomic E-state index is -0.214. The van der Waals surface area contributed by atoms with Crippen LogP contribution in [0.4, 0.5) is 17.1 Å². The normalized spacial score (nSPS) is 15.4. The van der Waals surface area contributed by atoms with Crippen molar-refractivity contribution in [2.45, 2.75) is 45.4 Å². The number of fused-ring (bicyclic) bond motifs is 2. The quantitative estimate of drug-likeness (QED) is 0.389. The average Bonchev–Trinajstić information content (AvgIpc) is 3.06. The zero-order valence-corrected chi connectivity index (χ0v) is 21.5. The molecule has 0 saturated carbocycles. The molecule has 192 valence electrons. The number of likely N-dealkylation sites (tertiary alicyclic amines) is 1. The predicted molar refractivity (Wildman–Crippen MR) is 148 cm³/mol. The fourth-order valence-electron chi connectivity index (χ4n) is 5.29. The second-order valence-corrected chi connectivity index (χ2v) is 9.79. The van der Waals surface area contributed by atoms with E-state index < -0.39 is 0 Å². The van der Waals surface area contributed by atoms with Crippen molar-refractivity contribution < 1.29 is 14.3 Å². The third-order valence-electron chi connectivity index (χ3n) is 7.22. The smallest absolute Gasteiger partial charge is 0.257 e. The fourth-order valence-corrected chi connectivity index (χ4v) is 5.29. The first kappa shape index (κ1) is 25.0. The van der Waals surface area contributed by atoms with Gasteiger partial charge < -0.3 is 15.0 Å². The molecule has 0 aromatic heterocycles. The molecule has 0 spiro atoms. The first-order chi connectivity index (χ1) is 18.1. The van der Waals surface area contributed by atoms with Gasteiger partial charge in [-0.1, -0.05) is 49.7 Å². The molecule has 6 heteroatoms. The molecule has 1 saturated heterocycles. The number of amides is 2. The van der Waals surface area contributed by atoms with E-state index in [0.717, 1.165) is 36.3 Å². The second-order valence-electron chi connectivity index (χ2n) is 9.79. The zero-order valence-electron chi connectivity index (χ0n) is 21.5. The number of aryl methyl sites for hydroxylation is 1. The molecule has 1 fully saturated rings. The van der Waals surface area contributed by atoms with Crippen molar-refractivity contribution >= 4 is 28.9 Å². The number of nitrogens with one attached hydrogen (secondary N) is 1. The molecular weight excluding hydrogens is 462 g/mol. The molecule has 2 aliphatic rings. The minimum absolute atomic E-state index is 0.0892. The number of ether oxygens (including phenoxy) is 1. The highest BCUT2D eigenvalue weighted by molar-refractivity contribution is 6.17. The van der Waals surface area contributed by atoms with Crippen LogP contribution in [0.15, 0.2) is 66.7 Å². The Morgan fingerprint density at radius 3 is 2.51 bits per heavy atom. The van der Waals surface area contributed by atoms with E-state index in [0.29, 0.717) is 29.2 Å². The zero-order chi connectivity index (χ0) is 25.6. The molecule has 2 aliphatic heterocycles. The SMILES string of the molecule is CCc1cc(CC(=O)N2c3ccccc3NC(=O)c3ccccc32)ccc1OCCCN1CCCCC1. The Hall–Kier alpha value is -3.64. The number of piperidine rings is 1. The number of carbonyl (C=O) groups excluding carboxylic acids is 2. The highest BCUT2D eigenvalue weighted by Gasteiger charge is 2.29. The second kappa shape index (κ2) is 11.6. The van der Waals surface area contributed by atoms with Crippen LogP contribution in [0.5, 0.6) is 5.75 Å². The summed E-state index contributed by atoms with van der Waals surface area (Å²) in [6.45, 7) is 6.31. The van der Waals surface area contributed by atoms with Gasteiger partial charge in [0.2, 0.25) is 5.91 Å². The lowest BCUT2D eigenvalue weighted by Crippen LogP contribution is -2.31. The van der Waals surface area contributed by atoms with Crippen molar-refractivity contribution in [3.8, 4) is 5.75 Å². The van der Waals surface area contributed by atoms with Crippen LogP contribution in [0, 0.1) is 0 Å². The van der Waals surface area contributed by atoms with Gasteiger partial charge in [-0.25, -0.2) is 0 Å². The predicted octanol–water partition coefficient (Wildman–Crippen LogP) is 5.98. The molecular formula is C31H35N3O3. The summed E-state index contributed by atoms with van der Waals surface area (Å²) in [6, 6.07) is 20.7. The maximum absolute atomic E-state index is 13.7. The van der Waals surface area contributed by atoms with Crippen LogP contribution >= 0.6 is 0 Å². The van der Waals surface area contributed by atoms with Gasteiger partial charge in [-0.15, -0.1) is 0 Å². The summed E-state index contributed by atoms with van der Waals surface area (Å²) in [5, 5.41) is 2.95. The number of para-hydroxylation sites is 3. The summed E-state index contributed by atoms with van der Waals surface area (Å²) >= 11 is 0. The summed E-state index contributed by atoms with van der Waals surface area (Å²) in [5.74, 6) is 0.597. The van der Waals surface area contributed by atoms with Crippen LogP contribution in [0.3, 0.4) is 0 Å². The van der Waals surface area contributed by atoms with E-state index in [-0.39, 0.29) is 18.2 Å². The number of hydrogen-bond acceptors (Lipinski definition) is 4. The third kappa shape index (κ3) is 5.70. The molecule has 2 heterocycles. The largest absolute Gasteiger partial charge is 0.493 e. The Balaban J connectivity index is 1.31. The lowest BCUT2D eigenvalue weighted by atomic mass is 10.0. The van der Waals surface area contributed by atoms with Gasteiger partial charge in [-0.2, -0.15) is 0 Å². The Bertz CT molecular complexity index is 1270. The number of anilines is 3. The van der Waals surface area contributed by atoms with Crippen molar-refractivity contribution in [3.05, 3.63) is 83.4 Å². The van der Waals surface area contributed by atoms with Gasteiger partial charge in [-0.3, -0.25) is 14.5 Å². The van der Waals surface area contributed by atoms with Gasteiger partial charge in [0.05, 0.1) is 35.7 Å². The van der Waals surface area contributed by atoms with Crippen LogP contribution in [0.1, 0.15) is 54.1 Å². The van der Waals surface area contributed by atoms with Crippen LogP contribution in [-0.2, 0) is 17.6 Å². The number of carbonyl (C=O) groups is 2. The molecule has 6 nitrogen and oxygen atoms in total. The molecule has 3 aromatic carbocycles. The molecule has 0 atom stereocenters. The first-order valence-corrected chi connectivity index (χ1v) is 13.4. The molecule has 0 aliphatic carbocycles. The summed E-state index contributed by atoms with van der Waals surface area (Å²) in [4.78, 5) is 30.8. The van der Waals surface area contributed by atoms with Crippen LogP contribution in [-0.4, -0.2) is 43.0 Å². The number of rotatable bonds is 8. The lowest BCUT2D eigenvalue weighted by molar-refractivity contribution is -0.117. The van der Waals surface area contributed by atoms with E-state index in [2.05, 4.69) is 23.2 Å². The Kier molecular flexibility index (Phi) is 7.85. The van der Waals surface area contributed by atoms with E-state index in [4.69, 9.17) is 4.74 Å². The third-order valence-corrected chi connectivity index (χ3v) is 7.22. The highest BCUT2D eigenvalue weighted by atomic mass is 16.5. The maximum Gasteiger partial charge on any atom is 0.257 e. The van der Waals surface area contributed by atoms with Crippen molar-refractivity contribution in [2.75, 3.05) is 36.5 Å². The molecule has 5 rings (SSSR count). The first-order valence-electron chi connectivity index (χ1n) is 13.4. The Morgan fingerprint density at radius 2 is 1.70 bits per heavy atom. The fraction of sp³-hybridized carbons (Fsp3) is 0.355. The molecule has 3 aromatic rings. The number of nitrogens with zero attached hydrogens (tertiary/aromatic N) is 2. The number of benzene rings is 3. The molecule has 37 heavy (non-hydrogen) atoms. The summed E-state index contributed by atoms with van der Waals surface area (Å²) in [5.41, 5.74) is 4.42. The average molecular weight is 498 g/mol. The topological polar surface area (TPSA) is 61.9 Å². The summed E-state index contributed by atoms with van der Waals surface area (Å²) in [6.07, 6.45) is 6.04. The van der Waals surface area contributed by atoms with Gasteiger partial charge in [0.1, 0.15) is 5.75 Å². The molecule has 0 radical (unpaired) electrons. The van der Waals surface area contributed by atoms with Gasteiger partial charge >= 0.3 is 0 Å². The Labute approximate surface area is 219 Å². The van der Waals surface area contributed by atoms with Gasteiger partial charge in [0, 0.05) is 6.54 Å². The highest BCUT2D eigenvalue weighted by Crippen LogP contribution is 2.38. The van der Waals surface area contributed by atoms with Crippen LogP contribution in [0.2, 0.25) is 0 Å². The Morgan fingerprint density at radius 1 is 0.946 bits per heavy atom. The molecule has 0 unspecified atom stereocenters. The summed E-state index contributed by atoms with van der Waals surface area (Å²) < 4.78 is 6.15. The van der Waals surface area contributed by atoms with E-state index in [9.17, 15) is 9.59 Å². The van der Waals surface area contributed by atoms with Gasteiger partial charge in [0.25, 0.3) is 5.91 Å². The summed E-state index contributed by atoms with van der Waals surface area (Å²) in [7, 11) is 0. The van der Waals surface area contributed by atoms with Crippen molar-refractivity contribution in [2.24, 2.45) is 0 Å². The minimum Gasteiger partial charge on any atom is -0.493 e. The van der Waals surface area contributed by atoms with Gasteiger partial charge in [-0.05, 0) is 80.2 Å². The van der Waals surface area contributed by atoms with E-state index in [1.807, 2.05) is 54.6 Å². The monoisotopic (exact) mass is 497 g/mol. The van der Waals surface area contributed by atoms with Crippen molar-refractivity contribution in [1.29, 1.82) is 0 Å². The van der Waals surface area contributed by atoms with Crippen molar-refractivity contribution in [1.82, 2.24) is 4.90 Å². The van der Waals surface area contributed by atoms with E-state index in [1.54, 1.807) is 11.0 Å². The van der Waals surface area contributed by atoms with E-state index in [1.165, 1.54) is 32.4 Å². The van der Waals surface area contributed by atoms with E-state index >= 15 is 0 Å². The maximum atomic E-state index is 13.7. The van der Waals surface area contributed by atoms with Gasteiger partial charge in [0.15, 0.2) is 0 Å². The molecule has 2 amide bonds. The van der Waals surface area contributed by atoms with Crippen molar-refractivity contribution in [3.63, 3.8) is 0 Å². The molecule has 0 bridgehead atoms. The molecule has 1 N–H and O–H groups in total. The standard InChI is InChI=1S/C31H35N3O3/c1-2-24-21-23(15-16-29(24)37-20-10-19-33-17-8-3-9-18-33)22-30(35)34-27-13-6-4-11-25(27)31(36)32-26-12-5-7-14-28(26)34/h4-7,11-16,21H,2-3,8-10,17-20,22H2,1H3,(H,32,36). The lowest BCUT2D eigenvalue weighted by Gasteiger charge is -2.26. The van der Waals surface area contributed by atoms with Crippen LogP contribution in [0.25, 0.3) is 0 Å². The van der Waals surface area contributed by atoms with Crippen LogP contribution < -0.4 is 15.0 Å². The number of hydrogen-bond donors (Lipinski definition) is 1.